The number of nitrogens with one attached hydrogen (secondary N) is 1. The van der Waals surface area contributed by atoms with Crippen molar-refractivity contribution < 1.29 is 19.2 Å². The van der Waals surface area contributed by atoms with Crippen molar-refractivity contribution in [1.29, 1.82) is 5.26 Å². The van der Waals surface area contributed by atoms with Gasteiger partial charge in [0.05, 0.1) is 24.7 Å². The molecule has 0 aliphatic carbocycles. The first-order valence-corrected chi connectivity index (χ1v) is 8.34. The molecule has 1 amide bonds. The van der Waals surface area contributed by atoms with Crippen molar-refractivity contribution in [3.8, 4) is 17.6 Å². The Morgan fingerprint density at radius 2 is 1.93 bits per heavy atom. The Morgan fingerprint density at radius 3 is 2.57 bits per heavy atom. The first-order chi connectivity index (χ1) is 13.5. The van der Waals surface area contributed by atoms with Gasteiger partial charge in [0.2, 0.25) is 0 Å². The monoisotopic (exact) mass is 381 g/mol. The van der Waals surface area contributed by atoms with E-state index in [2.05, 4.69) is 5.32 Å². The Balaban J connectivity index is 2.06. The largest absolute Gasteiger partial charge is 0.493 e. The highest BCUT2D eigenvalue weighted by Gasteiger charge is 2.14. The van der Waals surface area contributed by atoms with Crippen molar-refractivity contribution in [3.63, 3.8) is 0 Å². The molecule has 0 atom stereocenters. The number of rotatable bonds is 8. The Bertz CT molecular complexity index is 947. The summed E-state index contributed by atoms with van der Waals surface area (Å²) < 4.78 is 10.4. The molecular formula is C20H19N3O5. The maximum absolute atomic E-state index is 12.3. The second-order valence-corrected chi connectivity index (χ2v) is 5.68. The van der Waals surface area contributed by atoms with E-state index in [-0.39, 0.29) is 23.4 Å². The maximum atomic E-state index is 12.3. The molecule has 0 aliphatic heterocycles. The second-order valence-electron chi connectivity index (χ2n) is 5.68. The Morgan fingerprint density at radius 1 is 1.21 bits per heavy atom. The number of carbonyl (C=O) groups is 1. The van der Waals surface area contributed by atoms with E-state index >= 15 is 0 Å². The van der Waals surface area contributed by atoms with Gasteiger partial charge in [-0.05, 0) is 36.3 Å². The zero-order valence-electron chi connectivity index (χ0n) is 15.5. The Kier molecular flexibility index (Phi) is 7.11. The van der Waals surface area contributed by atoms with Crippen LogP contribution < -0.4 is 14.8 Å². The van der Waals surface area contributed by atoms with Crippen LogP contribution in [0.5, 0.6) is 11.5 Å². The molecule has 0 aliphatic rings. The normalized spacial score (nSPS) is 10.7. The summed E-state index contributed by atoms with van der Waals surface area (Å²) in [6.07, 6.45) is 1.72. The number of hydrogen-bond donors (Lipinski definition) is 1. The van der Waals surface area contributed by atoms with Crippen molar-refractivity contribution >= 4 is 17.7 Å². The molecule has 2 rings (SSSR count). The SMILES string of the molecule is COc1ccc(CCNC(=O)/C(C#N)=C/c2ccccc2[N+](=O)[O-])cc1OC. The molecule has 2 aromatic carbocycles. The molecule has 0 unspecified atom stereocenters. The first kappa shape index (κ1) is 20.5. The van der Waals surface area contributed by atoms with E-state index in [1.165, 1.54) is 31.4 Å². The fourth-order valence-corrected chi connectivity index (χ4v) is 2.53. The number of nitriles is 1. The average Bonchev–Trinajstić information content (AvgIpc) is 2.71. The van der Waals surface area contributed by atoms with E-state index in [9.17, 15) is 20.2 Å². The lowest BCUT2D eigenvalue weighted by Crippen LogP contribution is -2.26. The maximum Gasteiger partial charge on any atom is 0.276 e. The van der Waals surface area contributed by atoms with Crippen molar-refractivity contribution in [3.05, 3.63) is 69.3 Å². The van der Waals surface area contributed by atoms with Gasteiger partial charge in [0.25, 0.3) is 11.6 Å². The smallest absolute Gasteiger partial charge is 0.276 e. The Labute approximate surface area is 162 Å². The van der Waals surface area contributed by atoms with E-state index in [0.717, 1.165) is 5.56 Å². The van der Waals surface area contributed by atoms with E-state index in [0.29, 0.717) is 17.9 Å². The van der Waals surface area contributed by atoms with Gasteiger partial charge in [-0.25, -0.2) is 0 Å². The molecule has 0 spiro atoms. The molecule has 0 radical (unpaired) electrons. The molecule has 0 saturated heterocycles. The lowest BCUT2D eigenvalue weighted by molar-refractivity contribution is -0.385. The van der Waals surface area contributed by atoms with Gasteiger partial charge in [0.1, 0.15) is 11.6 Å². The molecule has 8 heteroatoms. The highest BCUT2D eigenvalue weighted by Crippen LogP contribution is 2.27. The number of carbonyl (C=O) groups excluding carboxylic acids is 1. The molecule has 144 valence electrons. The summed E-state index contributed by atoms with van der Waals surface area (Å²) in [6.45, 7) is 0.282. The highest BCUT2D eigenvalue weighted by molar-refractivity contribution is 6.02. The molecule has 0 fully saturated rings. The lowest BCUT2D eigenvalue weighted by atomic mass is 10.1. The number of ether oxygens (including phenoxy) is 2. The predicted molar refractivity (Wildman–Crippen MR) is 103 cm³/mol. The number of nitro benzene ring substituents is 1. The van der Waals surface area contributed by atoms with Crippen LogP contribution in [0.25, 0.3) is 6.08 Å². The van der Waals surface area contributed by atoms with E-state index < -0.39 is 10.8 Å². The third-order valence-corrected chi connectivity index (χ3v) is 3.95. The summed E-state index contributed by atoms with van der Waals surface area (Å²) in [4.78, 5) is 22.8. The zero-order valence-corrected chi connectivity index (χ0v) is 15.5. The number of nitrogens with zero attached hydrogens (tertiary/aromatic N) is 2. The summed E-state index contributed by atoms with van der Waals surface area (Å²) in [5.41, 5.74) is 0.730. The molecule has 28 heavy (non-hydrogen) atoms. The molecule has 0 saturated carbocycles. The summed E-state index contributed by atoms with van der Waals surface area (Å²) in [6, 6.07) is 13.1. The van der Waals surface area contributed by atoms with Crippen molar-refractivity contribution in [2.24, 2.45) is 0 Å². The van der Waals surface area contributed by atoms with Crippen LogP contribution in [0.2, 0.25) is 0 Å². The van der Waals surface area contributed by atoms with Gasteiger partial charge in [0.15, 0.2) is 11.5 Å². The fraction of sp³-hybridized carbons (Fsp3) is 0.200. The number of nitro groups is 1. The fourth-order valence-electron chi connectivity index (χ4n) is 2.53. The molecule has 2 aromatic rings. The van der Waals surface area contributed by atoms with Gasteiger partial charge in [-0.2, -0.15) is 5.26 Å². The molecule has 0 aromatic heterocycles. The molecule has 1 N–H and O–H groups in total. The minimum atomic E-state index is -0.596. The molecular weight excluding hydrogens is 362 g/mol. The van der Waals surface area contributed by atoms with Crippen molar-refractivity contribution in [2.75, 3.05) is 20.8 Å². The van der Waals surface area contributed by atoms with E-state index in [4.69, 9.17) is 9.47 Å². The quantitative estimate of drug-likeness (QED) is 0.325. The van der Waals surface area contributed by atoms with Gasteiger partial charge in [-0.3, -0.25) is 14.9 Å². The van der Waals surface area contributed by atoms with Gasteiger partial charge >= 0.3 is 0 Å². The third kappa shape index (κ3) is 5.08. The number of amides is 1. The van der Waals surface area contributed by atoms with Gasteiger partial charge in [-0.15, -0.1) is 0 Å². The van der Waals surface area contributed by atoms with Crippen LogP contribution in [-0.4, -0.2) is 31.6 Å². The average molecular weight is 381 g/mol. The van der Waals surface area contributed by atoms with Crippen LogP contribution in [0.3, 0.4) is 0 Å². The second kappa shape index (κ2) is 9.73. The Hall–Kier alpha value is -3.86. The number of benzene rings is 2. The van der Waals surface area contributed by atoms with Gasteiger partial charge < -0.3 is 14.8 Å². The standard InChI is InChI=1S/C20H19N3O5/c1-27-18-8-7-14(11-19(18)28-2)9-10-22-20(24)16(13-21)12-15-5-3-4-6-17(15)23(25)26/h3-8,11-12H,9-10H2,1-2H3,(H,22,24)/b16-12+. The summed E-state index contributed by atoms with van der Waals surface area (Å²) in [5, 5.41) is 23.0. The van der Waals surface area contributed by atoms with Crippen molar-refractivity contribution in [1.82, 2.24) is 5.32 Å². The summed E-state index contributed by atoms with van der Waals surface area (Å²) in [5.74, 6) is 0.593. The molecule has 0 bridgehead atoms. The number of methoxy groups -OCH3 is 2. The van der Waals surface area contributed by atoms with Gasteiger partial charge in [-0.1, -0.05) is 18.2 Å². The highest BCUT2D eigenvalue weighted by atomic mass is 16.6. The summed E-state index contributed by atoms with van der Waals surface area (Å²) >= 11 is 0. The van der Waals surface area contributed by atoms with Crippen LogP contribution in [0.1, 0.15) is 11.1 Å². The van der Waals surface area contributed by atoms with Crippen LogP contribution in [0.4, 0.5) is 5.69 Å². The van der Waals surface area contributed by atoms with Crippen molar-refractivity contribution in [2.45, 2.75) is 6.42 Å². The van der Waals surface area contributed by atoms with Crippen LogP contribution >= 0.6 is 0 Å². The third-order valence-electron chi connectivity index (χ3n) is 3.95. The first-order valence-electron chi connectivity index (χ1n) is 8.34. The minimum Gasteiger partial charge on any atom is -0.493 e. The molecule has 8 nitrogen and oxygen atoms in total. The van der Waals surface area contributed by atoms with Crippen LogP contribution in [0.15, 0.2) is 48.0 Å². The van der Waals surface area contributed by atoms with Gasteiger partial charge in [0, 0.05) is 12.6 Å². The minimum absolute atomic E-state index is 0.173. The van der Waals surface area contributed by atoms with Crippen LogP contribution in [0, 0.1) is 21.4 Å². The topological polar surface area (TPSA) is 114 Å². The summed E-state index contributed by atoms with van der Waals surface area (Å²) in [7, 11) is 3.08. The van der Waals surface area contributed by atoms with E-state index in [1.807, 2.05) is 6.07 Å². The number of hydrogen-bond acceptors (Lipinski definition) is 6. The zero-order chi connectivity index (χ0) is 20.5. The number of para-hydroxylation sites is 1. The van der Waals surface area contributed by atoms with Crippen LogP contribution in [-0.2, 0) is 11.2 Å². The predicted octanol–water partition coefficient (Wildman–Crippen LogP) is 2.88. The molecule has 0 heterocycles. The lowest BCUT2D eigenvalue weighted by Gasteiger charge is -2.10. The van der Waals surface area contributed by atoms with E-state index in [1.54, 1.807) is 31.4 Å².